The largest absolute Gasteiger partial charge is 0.460 e. The Balaban J connectivity index is 1.80. The molecule has 2 rings (SSSR count). The molecule has 0 N–H and O–H groups in total. The molecule has 0 spiro atoms. The summed E-state index contributed by atoms with van der Waals surface area (Å²) in [5.41, 5.74) is -0.421. The molecule has 1 aromatic heterocycles. The second-order valence-electron chi connectivity index (χ2n) is 6.56. The Morgan fingerprint density at radius 2 is 2.05 bits per heavy atom. The maximum absolute atomic E-state index is 12.9. The minimum absolute atomic E-state index is 0.124. The van der Waals surface area contributed by atoms with E-state index in [2.05, 4.69) is 9.88 Å². The third-order valence-electron chi connectivity index (χ3n) is 3.53. The van der Waals surface area contributed by atoms with Gasteiger partial charge in [0, 0.05) is 19.5 Å². The summed E-state index contributed by atoms with van der Waals surface area (Å²) in [6, 6.07) is 3.12. The van der Waals surface area contributed by atoms with Crippen LogP contribution in [0.4, 0.5) is 10.2 Å². The van der Waals surface area contributed by atoms with Crippen LogP contribution < -0.4 is 4.90 Å². The van der Waals surface area contributed by atoms with Gasteiger partial charge in [0.05, 0.1) is 6.20 Å². The number of pyridine rings is 1. The first kappa shape index (κ1) is 15.7. The Morgan fingerprint density at radius 3 is 2.57 bits per heavy atom. The molecule has 0 saturated carbocycles. The number of carbonyl (C=O) groups excluding carboxylic acids is 1. The predicted octanol–water partition coefficient (Wildman–Crippen LogP) is 3.17. The van der Waals surface area contributed by atoms with Crippen molar-refractivity contribution in [2.24, 2.45) is 5.92 Å². The van der Waals surface area contributed by atoms with Gasteiger partial charge in [0.1, 0.15) is 17.2 Å². The summed E-state index contributed by atoms with van der Waals surface area (Å²) in [4.78, 5) is 18.1. The molecule has 2 heterocycles. The molecular weight excluding hydrogens is 271 g/mol. The molecule has 1 fully saturated rings. The fourth-order valence-electron chi connectivity index (χ4n) is 2.54. The molecule has 116 valence electrons. The van der Waals surface area contributed by atoms with E-state index in [1.807, 2.05) is 20.8 Å². The maximum atomic E-state index is 12.9. The van der Waals surface area contributed by atoms with Crippen LogP contribution in [0.15, 0.2) is 18.3 Å². The normalized spacial score (nSPS) is 16.9. The highest BCUT2D eigenvalue weighted by molar-refractivity contribution is 5.70. The Morgan fingerprint density at radius 1 is 1.38 bits per heavy atom. The summed E-state index contributed by atoms with van der Waals surface area (Å²) < 4.78 is 18.2. The molecule has 21 heavy (non-hydrogen) atoms. The molecule has 5 heteroatoms. The summed E-state index contributed by atoms with van der Waals surface area (Å²) in [6.07, 6.45) is 3.57. The lowest BCUT2D eigenvalue weighted by atomic mass is 9.93. The van der Waals surface area contributed by atoms with Crippen molar-refractivity contribution in [2.45, 2.75) is 45.6 Å². The number of rotatable bonds is 3. The van der Waals surface area contributed by atoms with Gasteiger partial charge in [0.25, 0.3) is 0 Å². The Hall–Kier alpha value is -1.65. The van der Waals surface area contributed by atoms with Crippen molar-refractivity contribution in [3.8, 4) is 0 Å². The number of halogens is 1. The zero-order valence-electron chi connectivity index (χ0n) is 12.9. The minimum Gasteiger partial charge on any atom is -0.460 e. The van der Waals surface area contributed by atoms with Crippen molar-refractivity contribution in [3.05, 3.63) is 24.1 Å². The smallest absolute Gasteiger partial charge is 0.306 e. The van der Waals surface area contributed by atoms with E-state index in [9.17, 15) is 9.18 Å². The van der Waals surface area contributed by atoms with Crippen LogP contribution in [0.2, 0.25) is 0 Å². The monoisotopic (exact) mass is 294 g/mol. The first-order valence-electron chi connectivity index (χ1n) is 7.42. The Kier molecular flexibility index (Phi) is 4.80. The van der Waals surface area contributed by atoms with E-state index in [1.165, 1.54) is 12.3 Å². The van der Waals surface area contributed by atoms with Crippen LogP contribution >= 0.6 is 0 Å². The van der Waals surface area contributed by atoms with Gasteiger partial charge in [-0.3, -0.25) is 4.79 Å². The van der Waals surface area contributed by atoms with E-state index in [0.29, 0.717) is 12.3 Å². The standard InChI is InChI=1S/C16H23FN2O2/c1-16(2,3)21-15(20)10-12-6-8-19(9-7-12)14-5-4-13(17)11-18-14/h4-5,11-12H,6-10H2,1-3H3. The van der Waals surface area contributed by atoms with Crippen LogP contribution in [0.1, 0.15) is 40.0 Å². The topological polar surface area (TPSA) is 42.4 Å². The third kappa shape index (κ3) is 4.99. The number of nitrogens with zero attached hydrogens (tertiary/aromatic N) is 2. The third-order valence-corrected chi connectivity index (χ3v) is 3.53. The number of hydrogen-bond donors (Lipinski definition) is 0. The zero-order chi connectivity index (χ0) is 15.5. The summed E-state index contributed by atoms with van der Waals surface area (Å²) in [7, 11) is 0. The first-order chi connectivity index (χ1) is 9.83. The van der Waals surface area contributed by atoms with E-state index in [1.54, 1.807) is 6.07 Å². The summed E-state index contributed by atoms with van der Waals surface area (Å²) in [6.45, 7) is 7.33. The molecule has 0 amide bonds. The van der Waals surface area contributed by atoms with E-state index in [0.717, 1.165) is 31.7 Å². The van der Waals surface area contributed by atoms with Crippen LogP contribution in [0.3, 0.4) is 0 Å². The van der Waals surface area contributed by atoms with Crippen molar-refractivity contribution in [1.29, 1.82) is 0 Å². The van der Waals surface area contributed by atoms with Crippen LogP contribution in [0.5, 0.6) is 0 Å². The van der Waals surface area contributed by atoms with E-state index in [-0.39, 0.29) is 11.8 Å². The molecule has 0 radical (unpaired) electrons. The van der Waals surface area contributed by atoms with Crippen LogP contribution in [0, 0.1) is 11.7 Å². The van der Waals surface area contributed by atoms with Gasteiger partial charge >= 0.3 is 5.97 Å². The lowest BCUT2D eigenvalue weighted by Crippen LogP contribution is -2.35. The molecular formula is C16H23FN2O2. The van der Waals surface area contributed by atoms with Gasteiger partial charge in [0.2, 0.25) is 0 Å². The predicted molar refractivity (Wildman–Crippen MR) is 79.6 cm³/mol. The average molecular weight is 294 g/mol. The molecule has 0 unspecified atom stereocenters. The van der Waals surface area contributed by atoms with Gasteiger partial charge in [0.15, 0.2) is 0 Å². The molecule has 0 bridgehead atoms. The minimum atomic E-state index is -0.421. The van der Waals surface area contributed by atoms with Gasteiger partial charge in [-0.2, -0.15) is 0 Å². The van der Waals surface area contributed by atoms with Gasteiger partial charge in [-0.05, 0) is 51.7 Å². The van der Waals surface area contributed by atoms with Crippen LogP contribution in [-0.4, -0.2) is 29.6 Å². The fraction of sp³-hybridized carbons (Fsp3) is 0.625. The second-order valence-corrected chi connectivity index (χ2v) is 6.56. The summed E-state index contributed by atoms with van der Waals surface area (Å²) in [5.74, 6) is 0.711. The van der Waals surface area contributed by atoms with Gasteiger partial charge in [-0.15, -0.1) is 0 Å². The zero-order valence-corrected chi connectivity index (χ0v) is 12.9. The molecule has 0 atom stereocenters. The first-order valence-corrected chi connectivity index (χ1v) is 7.42. The molecule has 4 nitrogen and oxygen atoms in total. The van der Waals surface area contributed by atoms with Crippen molar-refractivity contribution in [2.75, 3.05) is 18.0 Å². The highest BCUT2D eigenvalue weighted by atomic mass is 19.1. The summed E-state index contributed by atoms with van der Waals surface area (Å²) in [5, 5.41) is 0. The number of ether oxygens (including phenoxy) is 1. The van der Waals surface area contributed by atoms with Crippen LogP contribution in [-0.2, 0) is 9.53 Å². The number of hydrogen-bond acceptors (Lipinski definition) is 4. The van der Waals surface area contributed by atoms with Gasteiger partial charge in [-0.25, -0.2) is 9.37 Å². The molecule has 0 aromatic carbocycles. The highest BCUT2D eigenvalue weighted by Gasteiger charge is 2.24. The van der Waals surface area contributed by atoms with E-state index in [4.69, 9.17) is 4.74 Å². The average Bonchev–Trinajstić information content (AvgIpc) is 2.38. The van der Waals surface area contributed by atoms with E-state index < -0.39 is 5.60 Å². The lowest BCUT2D eigenvalue weighted by molar-refractivity contribution is -0.156. The Bertz CT molecular complexity index is 474. The molecule has 1 saturated heterocycles. The fourth-order valence-corrected chi connectivity index (χ4v) is 2.54. The number of carbonyl (C=O) groups is 1. The summed E-state index contributed by atoms with van der Waals surface area (Å²) >= 11 is 0. The van der Waals surface area contributed by atoms with Gasteiger partial charge in [-0.1, -0.05) is 0 Å². The quantitative estimate of drug-likeness (QED) is 0.803. The van der Waals surface area contributed by atoms with E-state index >= 15 is 0 Å². The number of esters is 1. The van der Waals surface area contributed by atoms with Crippen LogP contribution in [0.25, 0.3) is 0 Å². The maximum Gasteiger partial charge on any atom is 0.306 e. The van der Waals surface area contributed by atoms with Crippen molar-refractivity contribution in [1.82, 2.24) is 4.98 Å². The molecule has 1 aliphatic rings. The molecule has 1 aromatic rings. The number of aromatic nitrogens is 1. The number of piperidine rings is 1. The van der Waals surface area contributed by atoms with Crippen molar-refractivity contribution < 1.29 is 13.9 Å². The molecule has 1 aliphatic heterocycles. The van der Waals surface area contributed by atoms with Gasteiger partial charge < -0.3 is 9.64 Å². The van der Waals surface area contributed by atoms with Crippen molar-refractivity contribution in [3.63, 3.8) is 0 Å². The van der Waals surface area contributed by atoms with Crippen molar-refractivity contribution >= 4 is 11.8 Å². The SMILES string of the molecule is CC(C)(C)OC(=O)CC1CCN(c2ccc(F)cn2)CC1. The number of anilines is 1. The lowest BCUT2D eigenvalue weighted by Gasteiger charge is -2.32. The second kappa shape index (κ2) is 6.41. The molecule has 0 aliphatic carbocycles. The highest BCUT2D eigenvalue weighted by Crippen LogP contribution is 2.25. The Labute approximate surface area is 125 Å².